The number of carbonyl (C=O) groups excluding carboxylic acids is 1. The van der Waals surface area contributed by atoms with E-state index in [2.05, 4.69) is 0 Å². The first-order valence-electron chi connectivity index (χ1n) is 5.00. The van der Waals surface area contributed by atoms with Gasteiger partial charge in [0.05, 0.1) is 18.6 Å². The summed E-state index contributed by atoms with van der Waals surface area (Å²) in [6.07, 6.45) is 2.71. The molecule has 0 heterocycles. The van der Waals surface area contributed by atoms with Gasteiger partial charge in [0.25, 0.3) is 0 Å². The van der Waals surface area contributed by atoms with Crippen LogP contribution >= 0.6 is 11.8 Å². The van der Waals surface area contributed by atoms with Crippen molar-refractivity contribution in [3.05, 3.63) is 0 Å². The van der Waals surface area contributed by atoms with Gasteiger partial charge in [0.1, 0.15) is 0 Å². The third-order valence-corrected chi connectivity index (χ3v) is 2.76. The molecule has 0 fully saturated rings. The molecule has 0 amide bonds. The van der Waals surface area contributed by atoms with Gasteiger partial charge in [-0.3, -0.25) is 4.79 Å². The van der Waals surface area contributed by atoms with Crippen molar-refractivity contribution in [1.29, 1.82) is 0 Å². The highest BCUT2D eigenvalue weighted by Crippen LogP contribution is 2.15. The molecule has 0 aliphatic heterocycles. The quantitative estimate of drug-likeness (QED) is 0.663. The van der Waals surface area contributed by atoms with E-state index in [4.69, 9.17) is 4.74 Å². The second-order valence-corrected chi connectivity index (χ2v) is 4.10. The van der Waals surface area contributed by atoms with Gasteiger partial charge in [-0.1, -0.05) is 6.92 Å². The maximum Gasteiger partial charge on any atom is 0.311 e. The van der Waals surface area contributed by atoms with E-state index in [1.165, 1.54) is 0 Å². The molecule has 84 valence electrons. The number of ether oxygens (including phenoxy) is 1. The second kappa shape index (κ2) is 8.12. The average molecular weight is 220 g/mol. The zero-order valence-electron chi connectivity index (χ0n) is 9.16. The first kappa shape index (κ1) is 13.8. The van der Waals surface area contributed by atoms with Gasteiger partial charge in [-0.2, -0.15) is 11.8 Å². The minimum atomic E-state index is -0.563. The van der Waals surface area contributed by atoms with Crippen LogP contribution in [0.15, 0.2) is 0 Å². The Morgan fingerprint density at radius 3 is 2.57 bits per heavy atom. The normalized spacial score (nSPS) is 14.9. The van der Waals surface area contributed by atoms with Crippen LogP contribution < -0.4 is 0 Å². The summed E-state index contributed by atoms with van der Waals surface area (Å²) in [5.74, 6) is 0.238. The molecular weight excluding hydrogens is 200 g/mol. The fourth-order valence-electron chi connectivity index (χ4n) is 1.28. The summed E-state index contributed by atoms with van der Waals surface area (Å²) in [5.41, 5.74) is 0. The number of aliphatic hydroxyl groups excluding tert-OH is 1. The van der Waals surface area contributed by atoms with Crippen LogP contribution in [-0.2, 0) is 9.53 Å². The molecular formula is C10H20O3S. The molecule has 0 aromatic carbocycles. The molecule has 0 spiro atoms. The van der Waals surface area contributed by atoms with Gasteiger partial charge in [0, 0.05) is 0 Å². The summed E-state index contributed by atoms with van der Waals surface area (Å²) >= 11 is 1.67. The third kappa shape index (κ3) is 4.86. The summed E-state index contributed by atoms with van der Waals surface area (Å²) in [4.78, 5) is 11.4. The van der Waals surface area contributed by atoms with Crippen LogP contribution in [0.2, 0.25) is 0 Å². The van der Waals surface area contributed by atoms with E-state index in [9.17, 15) is 9.90 Å². The molecule has 0 aromatic heterocycles. The number of hydrogen-bond donors (Lipinski definition) is 1. The number of carbonyl (C=O) groups is 1. The van der Waals surface area contributed by atoms with Gasteiger partial charge in [-0.25, -0.2) is 0 Å². The summed E-state index contributed by atoms with van der Waals surface area (Å²) < 4.78 is 4.89. The molecule has 3 nitrogen and oxygen atoms in total. The summed E-state index contributed by atoms with van der Waals surface area (Å²) in [7, 11) is 0. The lowest BCUT2D eigenvalue weighted by atomic mass is 9.98. The fraction of sp³-hybridized carbons (Fsp3) is 0.900. The molecule has 0 rings (SSSR count). The maximum atomic E-state index is 11.4. The number of esters is 1. The zero-order valence-corrected chi connectivity index (χ0v) is 9.97. The van der Waals surface area contributed by atoms with E-state index in [1.807, 2.05) is 13.2 Å². The molecule has 2 unspecified atom stereocenters. The highest BCUT2D eigenvalue weighted by Gasteiger charge is 2.25. The monoisotopic (exact) mass is 220 g/mol. The lowest BCUT2D eigenvalue weighted by Gasteiger charge is -2.19. The first-order valence-corrected chi connectivity index (χ1v) is 6.40. The van der Waals surface area contributed by atoms with Crippen LogP contribution in [0.3, 0.4) is 0 Å². The van der Waals surface area contributed by atoms with Gasteiger partial charge >= 0.3 is 5.97 Å². The summed E-state index contributed by atoms with van der Waals surface area (Å²) in [5, 5.41) is 9.72. The first-order chi connectivity index (χ1) is 6.67. The fourth-order valence-corrected chi connectivity index (χ4v) is 1.76. The van der Waals surface area contributed by atoms with Crippen LogP contribution in [0.4, 0.5) is 0 Å². The lowest BCUT2D eigenvalue weighted by molar-refractivity contribution is -0.152. The number of hydrogen-bond acceptors (Lipinski definition) is 4. The Morgan fingerprint density at radius 1 is 1.50 bits per heavy atom. The predicted octanol–water partition coefficient (Wildman–Crippen LogP) is 1.69. The molecule has 0 aliphatic carbocycles. The predicted molar refractivity (Wildman–Crippen MR) is 59.4 cm³/mol. The van der Waals surface area contributed by atoms with Crippen LogP contribution in [-0.4, -0.2) is 35.8 Å². The van der Waals surface area contributed by atoms with E-state index in [0.29, 0.717) is 19.4 Å². The lowest BCUT2D eigenvalue weighted by Crippen LogP contribution is -2.29. The number of rotatable bonds is 7. The van der Waals surface area contributed by atoms with Gasteiger partial charge in [-0.15, -0.1) is 0 Å². The van der Waals surface area contributed by atoms with Crippen molar-refractivity contribution in [3.8, 4) is 0 Å². The number of aliphatic hydroxyl groups is 1. The Balaban J connectivity index is 4.03. The van der Waals surface area contributed by atoms with Crippen molar-refractivity contribution in [1.82, 2.24) is 0 Å². The van der Waals surface area contributed by atoms with Crippen molar-refractivity contribution in [2.24, 2.45) is 5.92 Å². The van der Waals surface area contributed by atoms with E-state index in [0.717, 1.165) is 5.75 Å². The van der Waals surface area contributed by atoms with Gasteiger partial charge in [0.2, 0.25) is 0 Å². The molecule has 2 atom stereocenters. The highest BCUT2D eigenvalue weighted by molar-refractivity contribution is 7.98. The van der Waals surface area contributed by atoms with E-state index < -0.39 is 6.10 Å². The van der Waals surface area contributed by atoms with E-state index >= 15 is 0 Å². The smallest absolute Gasteiger partial charge is 0.311 e. The molecule has 0 saturated carbocycles. The maximum absolute atomic E-state index is 11.4. The molecule has 1 N–H and O–H groups in total. The van der Waals surface area contributed by atoms with Crippen molar-refractivity contribution >= 4 is 17.7 Å². The third-order valence-electron chi connectivity index (χ3n) is 2.11. The molecule has 0 aromatic rings. The average Bonchev–Trinajstić information content (AvgIpc) is 2.16. The molecule has 0 bridgehead atoms. The van der Waals surface area contributed by atoms with Crippen molar-refractivity contribution in [3.63, 3.8) is 0 Å². The number of thioether (sulfide) groups is 1. The molecule has 0 saturated heterocycles. The molecule has 0 radical (unpaired) electrons. The Labute approximate surface area is 90.2 Å². The Hall–Kier alpha value is -0.220. The Kier molecular flexibility index (Phi) is 7.99. The van der Waals surface area contributed by atoms with E-state index in [-0.39, 0.29) is 11.9 Å². The molecule has 4 heteroatoms. The molecule has 0 aliphatic rings. The van der Waals surface area contributed by atoms with Crippen molar-refractivity contribution in [2.45, 2.75) is 32.8 Å². The van der Waals surface area contributed by atoms with Gasteiger partial charge in [-0.05, 0) is 31.8 Å². The largest absolute Gasteiger partial charge is 0.466 e. The minimum Gasteiger partial charge on any atom is -0.466 e. The van der Waals surface area contributed by atoms with Crippen LogP contribution in [0.1, 0.15) is 26.7 Å². The SMILES string of the molecule is CCOC(=O)C(CC)C(O)CCSC. The van der Waals surface area contributed by atoms with Crippen molar-refractivity contribution in [2.75, 3.05) is 18.6 Å². The molecule has 14 heavy (non-hydrogen) atoms. The van der Waals surface area contributed by atoms with Crippen molar-refractivity contribution < 1.29 is 14.6 Å². The Bertz CT molecular complexity index is 161. The topological polar surface area (TPSA) is 46.5 Å². The van der Waals surface area contributed by atoms with Crippen LogP contribution in [0, 0.1) is 5.92 Å². The Morgan fingerprint density at radius 2 is 2.14 bits per heavy atom. The van der Waals surface area contributed by atoms with Crippen LogP contribution in [0.25, 0.3) is 0 Å². The van der Waals surface area contributed by atoms with Crippen LogP contribution in [0.5, 0.6) is 0 Å². The van der Waals surface area contributed by atoms with Gasteiger partial charge < -0.3 is 9.84 Å². The summed E-state index contributed by atoms with van der Waals surface area (Å²) in [6, 6.07) is 0. The minimum absolute atomic E-state index is 0.274. The standard InChI is InChI=1S/C10H20O3S/c1-4-8(10(12)13-5-2)9(11)6-7-14-3/h8-9,11H,4-7H2,1-3H3. The van der Waals surface area contributed by atoms with E-state index in [1.54, 1.807) is 18.7 Å². The summed E-state index contributed by atoms with van der Waals surface area (Å²) in [6.45, 7) is 4.05. The second-order valence-electron chi connectivity index (χ2n) is 3.12. The van der Waals surface area contributed by atoms with Gasteiger partial charge in [0.15, 0.2) is 0 Å². The zero-order chi connectivity index (χ0) is 11.0. The highest BCUT2D eigenvalue weighted by atomic mass is 32.2.